The summed E-state index contributed by atoms with van der Waals surface area (Å²) < 4.78 is 5.71. The van der Waals surface area contributed by atoms with Crippen LogP contribution in [0, 0.1) is 5.92 Å². The highest BCUT2D eigenvalue weighted by Gasteiger charge is 2.24. The van der Waals surface area contributed by atoms with Crippen LogP contribution in [-0.2, 0) is 4.74 Å². The fourth-order valence-electron chi connectivity index (χ4n) is 1.67. The van der Waals surface area contributed by atoms with Crippen LogP contribution in [0.15, 0.2) is 0 Å². The van der Waals surface area contributed by atoms with E-state index in [0.29, 0.717) is 18.1 Å². The highest BCUT2D eigenvalue weighted by atomic mass is 32.2. The maximum Gasteiger partial charge on any atom is 0.0832 e. The topological polar surface area (TPSA) is 47.3 Å². The smallest absolute Gasteiger partial charge is 0.0832 e. The Morgan fingerprint density at radius 1 is 1.64 bits per heavy atom. The van der Waals surface area contributed by atoms with Gasteiger partial charge in [0.1, 0.15) is 0 Å². The molecule has 0 aliphatic carbocycles. The number of hydrazine groups is 1. The fraction of sp³-hybridized carbons (Fsp3) is 1.00. The molecule has 1 saturated heterocycles. The summed E-state index contributed by atoms with van der Waals surface area (Å²) in [6, 6.07) is 0.317. The summed E-state index contributed by atoms with van der Waals surface area (Å²) in [6.07, 6.45) is 2.61. The molecule has 1 heterocycles. The van der Waals surface area contributed by atoms with E-state index in [4.69, 9.17) is 10.6 Å². The summed E-state index contributed by atoms with van der Waals surface area (Å²) in [7, 11) is 0. The predicted molar refractivity (Wildman–Crippen MR) is 62.2 cm³/mol. The molecule has 3 unspecified atom stereocenters. The Labute approximate surface area is 91.1 Å². The second-order valence-corrected chi connectivity index (χ2v) is 5.16. The molecule has 3 N–H and O–H groups in total. The molecule has 14 heavy (non-hydrogen) atoms. The molecule has 0 aromatic rings. The second kappa shape index (κ2) is 6.67. The van der Waals surface area contributed by atoms with Gasteiger partial charge in [0.05, 0.1) is 12.7 Å². The quantitative estimate of drug-likeness (QED) is 0.541. The van der Waals surface area contributed by atoms with E-state index in [-0.39, 0.29) is 0 Å². The van der Waals surface area contributed by atoms with Crippen molar-refractivity contribution >= 4 is 11.8 Å². The van der Waals surface area contributed by atoms with Gasteiger partial charge in [-0.2, -0.15) is 11.8 Å². The Morgan fingerprint density at radius 2 is 2.43 bits per heavy atom. The number of thioether (sulfide) groups is 1. The van der Waals surface area contributed by atoms with Crippen molar-refractivity contribution in [3.05, 3.63) is 0 Å². The number of nitrogens with two attached hydrogens (primary N) is 1. The van der Waals surface area contributed by atoms with Gasteiger partial charge in [0.15, 0.2) is 0 Å². The van der Waals surface area contributed by atoms with Crippen LogP contribution in [0.2, 0.25) is 0 Å². The Bertz CT molecular complexity index is 151. The molecule has 0 saturated carbocycles. The Hall–Kier alpha value is 0.230. The summed E-state index contributed by atoms with van der Waals surface area (Å²) in [5.41, 5.74) is 2.90. The molecule has 1 aliphatic rings. The third-order valence-electron chi connectivity index (χ3n) is 2.86. The van der Waals surface area contributed by atoms with Gasteiger partial charge in [-0.1, -0.05) is 20.3 Å². The highest BCUT2D eigenvalue weighted by Crippen LogP contribution is 2.20. The van der Waals surface area contributed by atoms with Crippen molar-refractivity contribution in [3.63, 3.8) is 0 Å². The second-order valence-electron chi connectivity index (χ2n) is 4.01. The molecule has 1 aliphatic heterocycles. The number of hydrogen-bond acceptors (Lipinski definition) is 4. The zero-order chi connectivity index (χ0) is 10.4. The Balaban J connectivity index is 2.35. The minimum absolute atomic E-state index is 0.299. The summed E-state index contributed by atoms with van der Waals surface area (Å²) >= 11 is 1.96. The molecule has 0 aromatic heterocycles. The van der Waals surface area contributed by atoms with Crippen molar-refractivity contribution in [1.29, 1.82) is 0 Å². The molecular formula is C10H22N2OS. The Morgan fingerprint density at radius 3 is 2.93 bits per heavy atom. The first-order valence-corrected chi connectivity index (χ1v) is 6.58. The highest BCUT2D eigenvalue weighted by molar-refractivity contribution is 7.99. The standard InChI is InChI=1S/C10H22N2OS/c1-3-8(2)6-9(12-11)10-7-14-5-4-13-10/h8-10,12H,3-7,11H2,1-2H3. The van der Waals surface area contributed by atoms with Gasteiger partial charge < -0.3 is 4.74 Å². The van der Waals surface area contributed by atoms with Gasteiger partial charge in [-0.05, 0) is 12.3 Å². The molecule has 0 aromatic carbocycles. The minimum Gasteiger partial charge on any atom is -0.375 e. The van der Waals surface area contributed by atoms with Crippen molar-refractivity contribution in [1.82, 2.24) is 5.43 Å². The van der Waals surface area contributed by atoms with Crippen LogP contribution in [0.5, 0.6) is 0 Å². The van der Waals surface area contributed by atoms with E-state index < -0.39 is 0 Å². The molecule has 3 nitrogen and oxygen atoms in total. The average Bonchev–Trinajstić information content (AvgIpc) is 2.26. The monoisotopic (exact) mass is 218 g/mol. The molecule has 84 valence electrons. The van der Waals surface area contributed by atoms with Crippen LogP contribution in [0.3, 0.4) is 0 Å². The lowest BCUT2D eigenvalue weighted by atomic mass is 9.97. The van der Waals surface area contributed by atoms with Gasteiger partial charge in [0.25, 0.3) is 0 Å². The summed E-state index contributed by atoms with van der Waals surface area (Å²) in [5.74, 6) is 8.48. The lowest BCUT2D eigenvalue weighted by Crippen LogP contribution is -2.48. The normalized spacial score (nSPS) is 27.2. The molecule has 3 atom stereocenters. The average molecular weight is 218 g/mol. The van der Waals surface area contributed by atoms with Crippen LogP contribution < -0.4 is 11.3 Å². The number of hydrogen-bond donors (Lipinski definition) is 2. The maximum absolute atomic E-state index is 5.71. The van der Waals surface area contributed by atoms with E-state index in [1.807, 2.05) is 11.8 Å². The third kappa shape index (κ3) is 3.77. The van der Waals surface area contributed by atoms with Gasteiger partial charge >= 0.3 is 0 Å². The number of ether oxygens (including phenoxy) is 1. The largest absolute Gasteiger partial charge is 0.375 e. The van der Waals surface area contributed by atoms with Crippen LogP contribution in [0.1, 0.15) is 26.7 Å². The molecule has 4 heteroatoms. The molecule has 0 radical (unpaired) electrons. The van der Waals surface area contributed by atoms with Crippen molar-refractivity contribution in [2.75, 3.05) is 18.1 Å². The van der Waals surface area contributed by atoms with E-state index in [1.54, 1.807) is 0 Å². The summed E-state index contributed by atoms with van der Waals surface area (Å²) in [4.78, 5) is 0. The van der Waals surface area contributed by atoms with Crippen molar-refractivity contribution in [3.8, 4) is 0 Å². The minimum atomic E-state index is 0.299. The molecule has 0 spiro atoms. The molecule has 1 rings (SSSR count). The molecule has 0 amide bonds. The van der Waals surface area contributed by atoms with Crippen molar-refractivity contribution < 1.29 is 4.74 Å². The van der Waals surface area contributed by atoms with Crippen LogP contribution >= 0.6 is 11.8 Å². The number of rotatable bonds is 5. The summed E-state index contributed by atoms with van der Waals surface area (Å²) in [6.45, 7) is 5.35. The Kier molecular flexibility index (Phi) is 5.86. The predicted octanol–water partition coefficient (Wildman–Crippen LogP) is 1.39. The van der Waals surface area contributed by atoms with Crippen molar-refractivity contribution in [2.45, 2.75) is 38.8 Å². The first kappa shape index (κ1) is 12.3. The van der Waals surface area contributed by atoms with E-state index in [2.05, 4.69) is 19.3 Å². The van der Waals surface area contributed by atoms with Crippen molar-refractivity contribution in [2.24, 2.45) is 11.8 Å². The van der Waals surface area contributed by atoms with Crippen LogP contribution in [0.4, 0.5) is 0 Å². The van der Waals surface area contributed by atoms with E-state index in [0.717, 1.165) is 24.5 Å². The van der Waals surface area contributed by atoms with Gasteiger partial charge in [-0.3, -0.25) is 11.3 Å². The SMILES string of the molecule is CCC(C)CC(NN)C1CSCCO1. The first-order valence-electron chi connectivity index (χ1n) is 5.43. The van der Waals surface area contributed by atoms with Crippen LogP contribution in [0.25, 0.3) is 0 Å². The molecule has 1 fully saturated rings. The third-order valence-corrected chi connectivity index (χ3v) is 3.88. The van der Waals surface area contributed by atoms with Gasteiger partial charge in [0, 0.05) is 17.5 Å². The molecule has 0 bridgehead atoms. The van der Waals surface area contributed by atoms with Gasteiger partial charge in [-0.15, -0.1) is 0 Å². The summed E-state index contributed by atoms with van der Waals surface area (Å²) in [5, 5.41) is 0. The maximum atomic E-state index is 5.71. The zero-order valence-corrected chi connectivity index (χ0v) is 9.98. The lowest BCUT2D eigenvalue weighted by molar-refractivity contribution is 0.0406. The van der Waals surface area contributed by atoms with Gasteiger partial charge in [0.2, 0.25) is 0 Å². The molecular weight excluding hydrogens is 196 g/mol. The zero-order valence-electron chi connectivity index (χ0n) is 9.16. The van der Waals surface area contributed by atoms with E-state index in [9.17, 15) is 0 Å². The first-order chi connectivity index (χ1) is 6.77. The van der Waals surface area contributed by atoms with E-state index >= 15 is 0 Å². The lowest BCUT2D eigenvalue weighted by Gasteiger charge is -2.31. The van der Waals surface area contributed by atoms with Gasteiger partial charge in [-0.25, -0.2) is 0 Å². The van der Waals surface area contributed by atoms with Crippen LogP contribution in [-0.4, -0.2) is 30.3 Å². The number of nitrogens with one attached hydrogen (secondary N) is 1. The van der Waals surface area contributed by atoms with E-state index in [1.165, 1.54) is 6.42 Å². The fourth-order valence-corrected chi connectivity index (χ4v) is 2.61.